The number of piperazine rings is 1. The number of likely N-dealkylation sites (N-methyl/N-ethyl adjacent to an activating group) is 1. The number of hydrogen-bond acceptors (Lipinski definition) is 2. The van der Waals surface area contributed by atoms with E-state index in [4.69, 9.17) is 0 Å². The second kappa shape index (κ2) is 4.43. The van der Waals surface area contributed by atoms with E-state index in [9.17, 15) is 0 Å². The quantitative estimate of drug-likeness (QED) is 0.644. The molecule has 2 heteroatoms. The van der Waals surface area contributed by atoms with Crippen LogP contribution in [0.4, 0.5) is 0 Å². The van der Waals surface area contributed by atoms with Gasteiger partial charge in [-0.25, -0.2) is 0 Å². The van der Waals surface area contributed by atoms with Crippen molar-refractivity contribution in [3.8, 4) is 0 Å². The van der Waals surface area contributed by atoms with Gasteiger partial charge in [-0.15, -0.1) is 0 Å². The Balaban J connectivity index is 2.51. The highest BCUT2D eigenvalue weighted by atomic mass is 15.3. The Morgan fingerprint density at radius 2 is 1.62 bits per heavy atom. The second-order valence-corrected chi connectivity index (χ2v) is 5.01. The van der Waals surface area contributed by atoms with E-state index in [1.165, 1.54) is 19.6 Å². The van der Waals surface area contributed by atoms with E-state index in [1.807, 2.05) is 0 Å². The lowest BCUT2D eigenvalue weighted by molar-refractivity contribution is 0.0432. The Labute approximate surface area is 82.9 Å². The first-order valence-corrected chi connectivity index (χ1v) is 5.45. The van der Waals surface area contributed by atoms with Crippen molar-refractivity contribution < 1.29 is 0 Å². The molecule has 0 bridgehead atoms. The molecule has 0 aromatic heterocycles. The summed E-state index contributed by atoms with van der Waals surface area (Å²) < 4.78 is 0. The molecule has 0 N–H and O–H groups in total. The highest BCUT2D eigenvalue weighted by Crippen LogP contribution is 2.15. The molecule has 2 atom stereocenters. The van der Waals surface area contributed by atoms with E-state index < -0.39 is 0 Å². The Kier molecular flexibility index (Phi) is 3.74. The van der Waals surface area contributed by atoms with Crippen LogP contribution in [0.25, 0.3) is 0 Å². The van der Waals surface area contributed by atoms with Gasteiger partial charge in [0, 0.05) is 31.7 Å². The van der Waals surface area contributed by atoms with Gasteiger partial charge in [-0.1, -0.05) is 13.8 Å². The first kappa shape index (κ1) is 11.0. The van der Waals surface area contributed by atoms with Crippen molar-refractivity contribution in [3.05, 3.63) is 0 Å². The van der Waals surface area contributed by atoms with Crippen LogP contribution in [-0.2, 0) is 0 Å². The molecule has 1 aliphatic heterocycles. The molecule has 0 aromatic rings. The summed E-state index contributed by atoms with van der Waals surface area (Å²) >= 11 is 0. The molecule has 0 amide bonds. The van der Waals surface area contributed by atoms with Crippen LogP contribution in [0, 0.1) is 5.92 Å². The fourth-order valence-corrected chi connectivity index (χ4v) is 2.40. The van der Waals surface area contributed by atoms with Crippen LogP contribution in [0.15, 0.2) is 0 Å². The zero-order valence-electron chi connectivity index (χ0n) is 9.75. The van der Waals surface area contributed by atoms with Gasteiger partial charge in [0.15, 0.2) is 0 Å². The molecule has 1 rings (SSSR count). The summed E-state index contributed by atoms with van der Waals surface area (Å²) in [5, 5.41) is 0. The van der Waals surface area contributed by atoms with Crippen LogP contribution in [0.3, 0.4) is 0 Å². The fourth-order valence-electron chi connectivity index (χ4n) is 2.40. The average Bonchev–Trinajstić information content (AvgIpc) is 1.96. The Bertz CT molecular complexity index is 144. The molecule has 1 fully saturated rings. The summed E-state index contributed by atoms with van der Waals surface area (Å²) in [5.74, 6) is 0.785. The Morgan fingerprint density at radius 3 is 2.00 bits per heavy atom. The van der Waals surface area contributed by atoms with Gasteiger partial charge in [-0.3, -0.25) is 4.90 Å². The molecule has 2 nitrogen and oxygen atoms in total. The maximum absolute atomic E-state index is 2.64. The molecule has 0 saturated carbocycles. The van der Waals surface area contributed by atoms with E-state index in [0.717, 1.165) is 18.0 Å². The van der Waals surface area contributed by atoms with Gasteiger partial charge in [0.1, 0.15) is 0 Å². The summed E-state index contributed by atoms with van der Waals surface area (Å²) in [6.07, 6.45) is 0. The van der Waals surface area contributed by atoms with E-state index in [0.29, 0.717) is 0 Å². The van der Waals surface area contributed by atoms with Crippen molar-refractivity contribution in [3.63, 3.8) is 0 Å². The van der Waals surface area contributed by atoms with Crippen LogP contribution in [0.1, 0.15) is 27.7 Å². The Hall–Kier alpha value is -0.0800. The third-order valence-corrected chi connectivity index (χ3v) is 2.86. The monoisotopic (exact) mass is 184 g/mol. The largest absolute Gasteiger partial charge is 0.303 e. The van der Waals surface area contributed by atoms with E-state index >= 15 is 0 Å². The van der Waals surface area contributed by atoms with Gasteiger partial charge in [0.25, 0.3) is 0 Å². The van der Waals surface area contributed by atoms with Gasteiger partial charge in [-0.2, -0.15) is 0 Å². The highest BCUT2D eigenvalue weighted by molar-refractivity contribution is 4.83. The molecule has 78 valence electrons. The molecule has 0 radical (unpaired) electrons. The molecular weight excluding hydrogens is 160 g/mol. The summed E-state index contributed by atoms with van der Waals surface area (Å²) in [7, 11) is 2.22. The van der Waals surface area contributed by atoms with Gasteiger partial charge >= 0.3 is 0 Å². The lowest BCUT2D eigenvalue weighted by Crippen LogP contribution is -2.56. The van der Waals surface area contributed by atoms with Gasteiger partial charge in [-0.05, 0) is 26.8 Å². The Morgan fingerprint density at radius 1 is 1.15 bits per heavy atom. The molecule has 0 spiro atoms. The minimum atomic E-state index is 0.719. The van der Waals surface area contributed by atoms with Crippen LogP contribution in [0.5, 0.6) is 0 Å². The topological polar surface area (TPSA) is 6.48 Å². The van der Waals surface area contributed by atoms with Crippen LogP contribution in [-0.4, -0.2) is 48.6 Å². The second-order valence-electron chi connectivity index (χ2n) is 5.01. The van der Waals surface area contributed by atoms with Crippen molar-refractivity contribution in [1.82, 2.24) is 9.80 Å². The number of hydrogen-bond donors (Lipinski definition) is 0. The van der Waals surface area contributed by atoms with Crippen LogP contribution < -0.4 is 0 Å². The van der Waals surface area contributed by atoms with Gasteiger partial charge < -0.3 is 4.90 Å². The van der Waals surface area contributed by atoms with Crippen LogP contribution in [0.2, 0.25) is 0 Å². The third-order valence-electron chi connectivity index (χ3n) is 2.86. The lowest BCUT2D eigenvalue weighted by Gasteiger charge is -2.44. The predicted molar refractivity (Wildman–Crippen MR) is 58.0 cm³/mol. The number of rotatable bonds is 2. The smallest absolute Gasteiger partial charge is 0.0198 e. The van der Waals surface area contributed by atoms with E-state index in [2.05, 4.69) is 44.5 Å². The zero-order chi connectivity index (χ0) is 10.0. The zero-order valence-corrected chi connectivity index (χ0v) is 9.75. The summed E-state index contributed by atoms with van der Waals surface area (Å²) in [5.41, 5.74) is 0. The number of nitrogens with zero attached hydrogens (tertiary/aromatic N) is 2. The van der Waals surface area contributed by atoms with Crippen molar-refractivity contribution in [2.75, 3.05) is 26.7 Å². The summed E-state index contributed by atoms with van der Waals surface area (Å²) in [6, 6.07) is 1.44. The van der Waals surface area contributed by atoms with Crippen molar-refractivity contribution in [2.45, 2.75) is 39.8 Å². The predicted octanol–water partition coefficient (Wildman–Crippen LogP) is 1.67. The highest BCUT2D eigenvalue weighted by Gasteiger charge is 2.27. The molecule has 13 heavy (non-hydrogen) atoms. The molecule has 1 saturated heterocycles. The molecule has 0 aliphatic carbocycles. The third kappa shape index (κ3) is 2.96. The normalized spacial score (nSPS) is 32.8. The summed E-state index contributed by atoms with van der Waals surface area (Å²) in [4.78, 5) is 5.08. The SMILES string of the molecule is CC(C)CN1[C@H](C)CN(C)C[C@H]1C. The summed E-state index contributed by atoms with van der Waals surface area (Å²) in [6.45, 7) is 13.0. The van der Waals surface area contributed by atoms with Crippen molar-refractivity contribution >= 4 is 0 Å². The molecule has 1 aliphatic rings. The minimum Gasteiger partial charge on any atom is -0.303 e. The van der Waals surface area contributed by atoms with Gasteiger partial charge in [0.05, 0.1) is 0 Å². The maximum atomic E-state index is 2.64. The molecule has 0 aromatic carbocycles. The standard InChI is InChI=1S/C11H24N2/c1-9(2)6-13-10(3)7-12(5)8-11(13)4/h9-11H,6-8H2,1-5H3/t10-,11-/m1/s1. The van der Waals surface area contributed by atoms with E-state index in [-0.39, 0.29) is 0 Å². The lowest BCUT2D eigenvalue weighted by atomic mass is 10.1. The van der Waals surface area contributed by atoms with E-state index in [1.54, 1.807) is 0 Å². The fraction of sp³-hybridized carbons (Fsp3) is 1.00. The first-order valence-electron chi connectivity index (χ1n) is 5.45. The molecule has 1 heterocycles. The average molecular weight is 184 g/mol. The van der Waals surface area contributed by atoms with Gasteiger partial charge in [0.2, 0.25) is 0 Å². The van der Waals surface area contributed by atoms with Crippen LogP contribution >= 0.6 is 0 Å². The van der Waals surface area contributed by atoms with Crippen molar-refractivity contribution in [2.24, 2.45) is 5.92 Å². The molecular formula is C11H24N2. The minimum absolute atomic E-state index is 0.719. The van der Waals surface area contributed by atoms with Crippen molar-refractivity contribution in [1.29, 1.82) is 0 Å². The maximum Gasteiger partial charge on any atom is 0.0198 e. The first-order chi connectivity index (χ1) is 6.00. The molecule has 0 unspecified atom stereocenters.